The van der Waals surface area contributed by atoms with Crippen LogP contribution >= 0.6 is 0 Å². The molecule has 3 aliphatic carbocycles. The minimum atomic E-state index is -1.65. The van der Waals surface area contributed by atoms with Crippen LogP contribution in [-0.2, 0) is 11.2 Å². The molecule has 1 atom stereocenters. The first-order valence-corrected chi connectivity index (χ1v) is 11.4. The summed E-state index contributed by atoms with van der Waals surface area (Å²) >= 11 is 0. The maximum Gasteiger partial charge on any atom is 0.232 e. The van der Waals surface area contributed by atoms with Gasteiger partial charge in [-0.2, -0.15) is 5.10 Å². The number of hydrogen-bond acceptors (Lipinski definition) is 3. The third-order valence-corrected chi connectivity index (χ3v) is 7.09. The molecule has 1 aromatic carbocycles. The monoisotopic (exact) mass is 409 g/mol. The summed E-state index contributed by atoms with van der Waals surface area (Å²) in [5.74, 6) is -0.932. The van der Waals surface area contributed by atoms with Crippen LogP contribution in [0.15, 0.2) is 24.5 Å². The van der Waals surface area contributed by atoms with Crippen LogP contribution in [0.3, 0.4) is 0 Å². The minimum absolute atomic E-state index is 0.0292. The molecule has 0 bridgehead atoms. The standard InChI is InChI=1S/C24H28FN3O2/c1-24(25)12-11-20-21(28(24)23(29)15-5-6-15)10-9-19(22(20)30-18-3-2-4-18)16-13-26-27(14-16)17-7-8-17/h9-10,13-15,17-18H,2-8,11-12H2,1H3/t24-/m1/s1. The average Bonchev–Trinajstić information content (AvgIpc) is 3.61. The molecule has 1 amide bonds. The average molecular weight is 410 g/mol. The van der Waals surface area contributed by atoms with Gasteiger partial charge in [-0.25, -0.2) is 4.39 Å². The number of halogens is 1. The first-order valence-electron chi connectivity index (χ1n) is 11.4. The SMILES string of the molecule is C[C@]1(F)CCc2c(ccc(-c3cnn(C4CC4)c3)c2OC2CCC2)N1C(=O)C1CC1. The van der Waals surface area contributed by atoms with Gasteiger partial charge in [0.25, 0.3) is 0 Å². The summed E-state index contributed by atoms with van der Waals surface area (Å²) in [6, 6.07) is 4.44. The summed E-state index contributed by atoms with van der Waals surface area (Å²) in [5, 5.41) is 4.56. The van der Waals surface area contributed by atoms with E-state index in [0.29, 0.717) is 24.6 Å². The fourth-order valence-corrected chi connectivity index (χ4v) is 4.68. The predicted octanol–water partition coefficient (Wildman–Crippen LogP) is 5.19. The molecule has 6 heteroatoms. The molecule has 4 aliphatic rings. The van der Waals surface area contributed by atoms with Gasteiger partial charge in [0.1, 0.15) is 5.75 Å². The number of nitrogens with zero attached hydrogens (tertiary/aromatic N) is 3. The van der Waals surface area contributed by atoms with E-state index in [2.05, 4.69) is 11.3 Å². The van der Waals surface area contributed by atoms with Crippen LogP contribution in [0.2, 0.25) is 0 Å². The Balaban J connectivity index is 1.45. The fourth-order valence-electron chi connectivity index (χ4n) is 4.68. The first-order chi connectivity index (χ1) is 14.5. The molecule has 0 radical (unpaired) electrons. The van der Waals surface area contributed by atoms with E-state index in [-0.39, 0.29) is 17.9 Å². The van der Waals surface area contributed by atoms with Gasteiger partial charge in [-0.1, -0.05) is 0 Å². The number of carbonyl (C=O) groups is 1. The highest BCUT2D eigenvalue weighted by Crippen LogP contribution is 2.49. The molecule has 5 nitrogen and oxygen atoms in total. The van der Waals surface area contributed by atoms with Crippen molar-refractivity contribution in [3.8, 4) is 16.9 Å². The number of hydrogen-bond donors (Lipinski definition) is 0. The smallest absolute Gasteiger partial charge is 0.232 e. The van der Waals surface area contributed by atoms with Crippen LogP contribution in [0, 0.1) is 5.92 Å². The van der Waals surface area contributed by atoms with Gasteiger partial charge < -0.3 is 4.74 Å². The molecule has 6 rings (SSSR count). The van der Waals surface area contributed by atoms with Gasteiger partial charge in [-0.15, -0.1) is 0 Å². The topological polar surface area (TPSA) is 47.4 Å². The highest BCUT2D eigenvalue weighted by molar-refractivity contribution is 5.99. The Kier molecular flexibility index (Phi) is 4.03. The third kappa shape index (κ3) is 3.03. The van der Waals surface area contributed by atoms with Gasteiger partial charge in [0, 0.05) is 35.2 Å². The van der Waals surface area contributed by atoms with Gasteiger partial charge in [-0.3, -0.25) is 14.4 Å². The predicted molar refractivity (Wildman–Crippen MR) is 112 cm³/mol. The number of rotatable bonds is 5. The maximum absolute atomic E-state index is 15.5. The molecule has 2 heterocycles. The zero-order chi connectivity index (χ0) is 20.5. The van der Waals surface area contributed by atoms with E-state index >= 15 is 4.39 Å². The molecular weight excluding hydrogens is 381 g/mol. The number of aromatic nitrogens is 2. The first kappa shape index (κ1) is 18.4. The van der Waals surface area contributed by atoms with Crippen molar-refractivity contribution in [3.63, 3.8) is 0 Å². The van der Waals surface area contributed by atoms with E-state index in [1.165, 1.54) is 31.1 Å². The summed E-state index contributed by atoms with van der Waals surface area (Å²) in [7, 11) is 0. The molecule has 0 N–H and O–H groups in total. The normalized spacial score (nSPS) is 26.3. The number of anilines is 1. The zero-order valence-electron chi connectivity index (χ0n) is 17.4. The zero-order valence-corrected chi connectivity index (χ0v) is 17.4. The lowest BCUT2D eigenvalue weighted by atomic mass is 9.90. The minimum Gasteiger partial charge on any atom is -0.489 e. The lowest BCUT2D eigenvalue weighted by Gasteiger charge is -2.41. The highest BCUT2D eigenvalue weighted by atomic mass is 19.1. The Morgan fingerprint density at radius 2 is 2.00 bits per heavy atom. The molecule has 0 unspecified atom stereocenters. The van der Waals surface area contributed by atoms with E-state index < -0.39 is 5.79 Å². The molecular formula is C24H28FN3O2. The fraction of sp³-hybridized carbons (Fsp3) is 0.583. The maximum atomic E-state index is 15.5. The van der Waals surface area contributed by atoms with Crippen molar-refractivity contribution in [2.45, 2.75) is 82.6 Å². The summed E-state index contributed by atoms with van der Waals surface area (Å²) in [6.45, 7) is 1.54. The molecule has 3 fully saturated rings. The van der Waals surface area contributed by atoms with Gasteiger partial charge >= 0.3 is 0 Å². The molecule has 30 heavy (non-hydrogen) atoms. The second-order valence-electron chi connectivity index (χ2n) is 9.64. The summed E-state index contributed by atoms with van der Waals surface area (Å²) in [4.78, 5) is 14.4. The van der Waals surface area contributed by atoms with Crippen molar-refractivity contribution in [1.82, 2.24) is 9.78 Å². The van der Waals surface area contributed by atoms with Crippen molar-refractivity contribution in [2.24, 2.45) is 5.92 Å². The lowest BCUT2D eigenvalue weighted by Crippen LogP contribution is -2.50. The lowest BCUT2D eigenvalue weighted by molar-refractivity contribution is -0.122. The summed E-state index contributed by atoms with van der Waals surface area (Å²) < 4.78 is 24.0. The van der Waals surface area contributed by atoms with Crippen LogP contribution in [-0.4, -0.2) is 27.6 Å². The summed E-state index contributed by atoms with van der Waals surface area (Å²) in [6.07, 6.45) is 12.5. The molecule has 0 spiro atoms. The number of fused-ring (bicyclic) bond motifs is 1. The van der Waals surface area contributed by atoms with E-state index in [1.54, 1.807) is 0 Å². The number of alkyl halides is 1. The number of ether oxygens (including phenoxy) is 1. The van der Waals surface area contributed by atoms with E-state index in [9.17, 15) is 4.79 Å². The van der Waals surface area contributed by atoms with E-state index in [1.807, 2.05) is 23.0 Å². The Morgan fingerprint density at radius 1 is 1.20 bits per heavy atom. The van der Waals surface area contributed by atoms with E-state index in [0.717, 1.165) is 48.1 Å². The van der Waals surface area contributed by atoms with Gasteiger partial charge in [0.15, 0.2) is 5.79 Å². The molecule has 1 aliphatic heterocycles. The number of carbonyl (C=O) groups excluding carboxylic acids is 1. The Bertz CT molecular complexity index is 1000. The summed E-state index contributed by atoms with van der Waals surface area (Å²) in [5.41, 5.74) is 3.71. The Hall–Kier alpha value is -2.37. The van der Waals surface area contributed by atoms with Crippen LogP contribution in [0.4, 0.5) is 10.1 Å². The molecule has 1 aromatic heterocycles. The highest BCUT2D eigenvalue weighted by Gasteiger charge is 2.46. The molecule has 0 saturated heterocycles. The number of benzene rings is 1. The van der Waals surface area contributed by atoms with Crippen LogP contribution in [0.1, 0.15) is 69.9 Å². The largest absolute Gasteiger partial charge is 0.489 e. The Labute approximate surface area is 176 Å². The van der Waals surface area contributed by atoms with Crippen molar-refractivity contribution in [3.05, 3.63) is 30.1 Å². The van der Waals surface area contributed by atoms with Crippen LogP contribution in [0.5, 0.6) is 5.75 Å². The Morgan fingerprint density at radius 3 is 2.67 bits per heavy atom. The second-order valence-corrected chi connectivity index (χ2v) is 9.64. The van der Waals surface area contributed by atoms with Crippen molar-refractivity contribution in [2.75, 3.05) is 4.90 Å². The van der Waals surface area contributed by atoms with Gasteiger partial charge in [-0.05, 0) is 70.4 Å². The van der Waals surface area contributed by atoms with Crippen molar-refractivity contribution >= 4 is 11.6 Å². The van der Waals surface area contributed by atoms with Gasteiger partial charge in [0.05, 0.1) is 24.0 Å². The number of amides is 1. The third-order valence-electron chi connectivity index (χ3n) is 7.09. The molecule has 2 aromatic rings. The van der Waals surface area contributed by atoms with Crippen LogP contribution < -0.4 is 9.64 Å². The molecule has 158 valence electrons. The van der Waals surface area contributed by atoms with E-state index in [4.69, 9.17) is 4.74 Å². The van der Waals surface area contributed by atoms with Gasteiger partial charge in [0.2, 0.25) is 5.91 Å². The quantitative estimate of drug-likeness (QED) is 0.639. The second kappa shape index (κ2) is 6.56. The van der Waals surface area contributed by atoms with Crippen molar-refractivity contribution < 1.29 is 13.9 Å². The van der Waals surface area contributed by atoms with Crippen LogP contribution in [0.25, 0.3) is 11.1 Å². The van der Waals surface area contributed by atoms with Crippen molar-refractivity contribution in [1.29, 1.82) is 0 Å². The molecule has 3 saturated carbocycles.